The highest BCUT2D eigenvalue weighted by Gasteiger charge is 2.37. The van der Waals surface area contributed by atoms with Crippen LogP contribution >= 0.6 is 34.0 Å². The number of carbonyl (C=O) groups is 2. The molecule has 0 aromatic heterocycles. The fraction of sp³-hybridized carbons (Fsp3) is 0.429. The molecule has 8 heteroatoms. The number of amides is 2. The Bertz CT molecular complexity index is 801. The summed E-state index contributed by atoms with van der Waals surface area (Å²) >= 11 is 4.08. The highest BCUT2D eigenvalue weighted by Crippen LogP contribution is 2.33. The SMILES string of the molecule is CC1=COB(I)SC1C/C=C(\C)CCC(=O)N1C(=O)OCC1Cc1ccccc1. The zero-order valence-corrected chi connectivity index (χ0v) is 19.6. The lowest BCUT2D eigenvalue weighted by atomic mass is 10.0. The number of imide groups is 1. The quantitative estimate of drug-likeness (QED) is 0.280. The molecule has 1 aromatic carbocycles. The van der Waals surface area contributed by atoms with E-state index in [0.717, 1.165) is 17.6 Å². The van der Waals surface area contributed by atoms with E-state index in [9.17, 15) is 9.59 Å². The van der Waals surface area contributed by atoms with E-state index in [1.54, 1.807) is 11.6 Å². The lowest BCUT2D eigenvalue weighted by Crippen LogP contribution is -2.40. The topological polar surface area (TPSA) is 55.8 Å². The van der Waals surface area contributed by atoms with Crippen LogP contribution in [-0.4, -0.2) is 38.8 Å². The van der Waals surface area contributed by atoms with E-state index in [1.807, 2.05) is 43.5 Å². The maximum atomic E-state index is 12.7. The second kappa shape index (κ2) is 10.6. The summed E-state index contributed by atoms with van der Waals surface area (Å²) in [6.45, 7) is 4.39. The van der Waals surface area contributed by atoms with E-state index in [1.165, 1.54) is 10.5 Å². The minimum Gasteiger partial charge on any atom is -0.548 e. The van der Waals surface area contributed by atoms with Crippen LogP contribution in [0.2, 0.25) is 0 Å². The van der Waals surface area contributed by atoms with Gasteiger partial charge in [0.05, 0.1) is 12.3 Å². The molecule has 0 bridgehead atoms. The molecule has 0 radical (unpaired) electrons. The van der Waals surface area contributed by atoms with Crippen LogP contribution < -0.4 is 0 Å². The van der Waals surface area contributed by atoms with Crippen molar-refractivity contribution in [2.24, 2.45) is 0 Å². The van der Waals surface area contributed by atoms with Crippen molar-refractivity contribution in [3.05, 3.63) is 59.4 Å². The van der Waals surface area contributed by atoms with Gasteiger partial charge >= 0.3 is 10.1 Å². The van der Waals surface area contributed by atoms with Gasteiger partial charge in [-0.1, -0.05) is 64.4 Å². The van der Waals surface area contributed by atoms with Gasteiger partial charge in [0.25, 0.3) is 0 Å². The molecule has 154 valence electrons. The lowest BCUT2D eigenvalue weighted by Gasteiger charge is -2.23. The number of allylic oxidation sites excluding steroid dienone is 2. The Morgan fingerprint density at radius 2 is 2.10 bits per heavy atom. The number of ether oxygens (including phenoxy) is 1. The number of hydrogen-bond donors (Lipinski definition) is 0. The summed E-state index contributed by atoms with van der Waals surface area (Å²) < 4.78 is 10.8. The van der Waals surface area contributed by atoms with Gasteiger partial charge in [-0.15, -0.1) is 11.6 Å². The van der Waals surface area contributed by atoms with Gasteiger partial charge in [0.1, 0.15) is 6.61 Å². The second-order valence-electron chi connectivity index (χ2n) is 7.37. The molecule has 5 nitrogen and oxygen atoms in total. The smallest absolute Gasteiger partial charge is 0.500 e. The highest BCUT2D eigenvalue weighted by atomic mass is 127. The van der Waals surface area contributed by atoms with Crippen molar-refractivity contribution in [2.45, 2.75) is 50.8 Å². The van der Waals surface area contributed by atoms with Crippen molar-refractivity contribution in [1.29, 1.82) is 0 Å². The Morgan fingerprint density at radius 3 is 2.86 bits per heavy atom. The van der Waals surface area contributed by atoms with Gasteiger partial charge in [0.2, 0.25) is 5.91 Å². The Balaban J connectivity index is 1.52. The second-order valence-corrected chi connectivity index (χ2v) is 10.6. The molecule has 2 heterocycles. The van der Waals surface area contributed by atoms with Crippen molar-refractivity contribution in [1.82, 2.24) is 4.90 Å². The Labute approximate surface area is 190 Å². The van der Waals surface area contributed by atoms with Gasteiger partial charge in [0.15, 0.2) is 0 Å². The van der Waals surface area contributed by atoms with Gasteiger partial charge in [-0.3, -0.25) is 4.79 Å². The molecular weight excluding hydrogens is 500 g/mol. The van der Waals surface area contributed by atoms with E-state index < -0.39 is 6.09 Å². The maximum Gasteiger partial charge on any atom is 0.500 e. The van der Waals surface area contributed by atoms with E-state index in [0.29, 0.717) is 24.5 Å². The molecule has 0 saturated carbocycles. The summed E-state index contributed by atoms with van der Waals surface area (Å²) in [5, 5.41) is 0.403. The summed E-state index contributed by atoms with van der Waals surface area (Å²) in [7, 11) is 0. The van der Waals surface area contributed by atoms with Crippen LogP contribution in [0.5, 0.6) is 0 Å². The molecule has 29 heavy (non-hydrogen) atoms. The van der Waals surface area contributed by atoms with E-state index in [4.69, 9.17) is 9.39 Å². The number of carbonyl (C=O) groups excluding carboxylic acids is 2. The third-order valence-corrected chi connectivity index (χ3v) is 7.49. The predicted octanol–water partition coefficient (Wildman–Crippen LogP) is 5.15. The molecule has 2 aliphatic rings. The number of cyclic esters (lactones) is 1. The molecule has 1 saturated heterocycles. The van der Waals surface area contributed by atoms with Crippen LogP contribution in [0.25, 0.3) is 0 Å². The van der Waals surface area contributed by atoms with Crippen LogP contribution in [0, 0.1) is 0 Å². The Morgan fingerprint density at radius 1 is 1.34 bits per heavy atom. The van der Waals surface area contributed by atoms with Crippen LogP contribution in [0.3, 0.4) is 0 Å². The average Bonchev–Trinajstić information content (AvgIpc) is 3.07. The van der Waals surface area contributed by atoms with Crippen LogP contribution in [0.1, 0.15) is 38.7 Å². The van der Waals surface area contributed by atoms with Crippen LogP contribution in [-0.2, 0) is 20.6 Å². The zero-order chi connectivity index (χ0) is 20.8. The summed E-state index contributed by atoms with van der Waals surface area (Å²) in [6.07, 6.45) is 6.01. The molecule has 0 N–H and O–H groups in total. The number of benzene rings is 1. The summed E-state index contributed by atoms with van der Waals surface area (Å²) in [5.74, 6) is -0.162. The highest BCUT2D eigenvalue weighted by molar-refractivity contribution is 14.1. The normalized spacial score (nSPS) is 22.2. The van der Waals surface area contributed by atoms with Crippen molar-refractivity contribution < 1.29 is 19.0 Å². The molecule has 2 unspecified atom stereocenters. The first-order valence-corrected chi connectivity index (χ1v) is 11.9. The summed E-state index contributed by atoms with van der Waals surface area (Å²) in [4.78, 5) is 26.1. The Hall–Kier alpha value is -1.42. The van der Waals surface area contributed by atoms with Gasteiger partial charge < -0.3 is 9.39 Å². The molecule has 2 aliphatic heterocycles. The standard InChI is InChI=1S/C21H25BINO4S/c1-15(8-10-19-16(2)13-28-22(23)29-19)9-11-20(25)24-18(14-27-21(24)26)12-17-6-4-3-5-7-17/h3-8,13,18-19H,9-12,14H2,1-2H3/b15-8+. The van der Waals surface area contributed by atoms with Crippen molar-refractivity contribution in [3.63, 3.8) is 0 Å². The number of rotatable bonds is 7. The van der Waals surface area contributed by atoms with Crippen molar-refractivity contribution >= 4 is 50.0 Å². The molecule has 2 amide bonds. The molecule has 2 atom stereocenters. The predicted molar refractivity (Wildman–Crippen MR) is 126 cm³/mol. The summed E-state index contributed by atoms with van der Waals surface area (Å²) in [5.41, 5.74) is 3.48. The largest absolute Gasteiger partial charge is 0.548 e. The van der Waals surface area contributed by atoms with Crippen molar-refractivity contribution in [3.8, 4) is 0 Å². The Kier molecular flexibility index (Phi) is 8.11. The van der Waals surface area contributed by atoms with Gasteiger partial charge in [0, 0.05) is 11.7 Å². The monoisotopic (exact) mass is 525 g/mol. The fourth-order valence-corrected chi connectivity index (χ4v) is 5.45. The first kappa shape index (κ1) is 22.3. The van der Waals surface area contributed by atoms with E-state index >= 15 is 0 Å². The minimum absolute atomic E-state index is 0.138. The van der Waals surface area contributed by atoms with Crippen molar-refractivity contribution in [2.75, 3.05) is 6.61 Å². The molecule has 1 aromatic rings. The number of hydrogen-bond acceptors (Lipinski definition) is 5. The van der Waals surface area contributed by atoms with Gasteiger partial charge in [-0.25, -0.2) is 9.69 Å². The molecule has 0 aliphatic carbocycles. The number of halogens is 1. The fourth-order valence-electron chi connectivity index (χ4n) is 3.38. The third kappa shape index (κ3) is 6.28. The summed E-state index contributed by atoms with van der Waals surface area (Å²) in [6, 6.07) is 9.65. The maximum absolute atomic E-state index is 12.7. The minimum atomic E-state index is -0.523. The number of nitrogens with zero attached hydrogens (tertiary/aromatic N) is 1. The van der Waals surface area contributed by atoms with E-state index in [2.05, 4.69) is 35.4 Å². The van der Waals surface area contributed by atoms with Gasteiger partial charge in [-0.05, 0) is 44.2 Å². The van der Waals surface area contributed by atoms with Crippen LogP contribution in [0.15, 0.2) is 53.8 Å². The van der Waals surface area contributed by atoms with E-state index in [-0.39, 0.29) is 22.6 Å². The molecule has 3 rings (SSSR count). The molecule has 1 fully saturated rings. The third-order valence-electron chi connectivity index (χ3n) is 5.10. The van der Waals surface area contributed by atoms with Gasteiger partial charge in [-0.2, -0.15) is 0 Å². The molecular formula is C21H25BINO4S. The zero-order valence-electron chi connectivity index (χ0n) is 16.7. The molecule has 0 spiro atoms. The first-order valence-electron chi connectivity index (χ1n) is 9.74. The lowest BCUT2D eigenvalue weighted by molar-refractivity contribution is -0.129. The first-order chi connectivity index (χ1) is 13.9. The average molecular weight is 525 g/mol. The van der Waals surface area contributed by atoms with Crippen LogP contribution in [0.4, 0.5) is 4.79 Å².